The molecule has 1 heteroatoms. The zero-order valence-electron chi connectivity index (χ0n) is 12.2. The molecule has 3 aromatic rings. The molecule has 0 fully saturated rings. The lowest BCUT2D eigenvalue weighted by Crippen LogP contribution is -2.20. The van der Waals surface area contributed by atoms with E-state index in [0.29, 0.717) is 0 Å². The lowest BCUT2D eigenvalue weighted by Gasteiger charge is -2.19. The largest absolute Gasteiger partial charge is 0.0622 e. The Hall–Kier alpha value is -1.91. The van der Waals surface area contributed by atoms with Gasteiger partial charge >= 0.3 is 0 Å². The standard InChI is InChI=1S/C20H19P/c1-2-17-10-9-15-20(16-17)21(18-11-5-3-6-12-18)19-13-7-4-8-14-19/h3-16H,2H2,1H3. The van der Waals surface area contributed by atoms with E-state index < -0.39 is 7.92 Å². The molecule has 0 saturated heterocycles. The number of hydrogen-bond donors (Lipinski definition) is 0. The molecule has 0 spiro atoms. The van der Waals surface area contributed by atoms with Crippen LogP contribution in [0.25, 0.3) is 0 Å². The average molecular weight is 290 g/mol. The van der Waals surface area contributed by atoms with Gasteiger partial charge in [-0.2, -0.15) is 0 Å². The Morgan fingerprint density at radius 1 is 0.619 bits per heavy atom. The minimum atomic E-state index is -0.468. The summed E-state index contributed by atoms with van der Waals surface area (Å²) in [6.45, 7) is 2.21. The lowest BCUT2D eigenvalue weighted by molar-refractivity contribution is 1.14. The van der Waals surface area contributed by atoms with Crippen LogP contribution in [0.3, 0.4) is 0 Å². The highest BCUT2D eigenvalue weighted by atomic mass is 31.1. The van der Waals surface area contributed by atoms with E-state index in [-0.39, 0.29) is 0 Å². The van der Waals surface area contributed by atoms with E-state index in [2.05, 4.69) is 91.9 Å². The maximum atomic E-state index is 2.37. The van der Waals surface area contributed by atoms with Gasteiger partial charge in [-0.25, -0.2) is 0 Å². The van der Waals surface area contributed by atoms with Crippen LogP contribution in [-0.4, -0.2) is 0 Å². The van der Waals surface area contributed by atoms with Gasteiger partial charge in [-0.15, -0.1) is 0 Å². The van der Waals surface area contributed by atoms with Crippen LogP contribution in [-0.2, 0) is 6.42 Å². The molecule has 0 amide bonds. The number of aryl methyl sites for hydroxylation is 1. The molecule has 0 bridgehead atoms. The van der Waals surface area contributed by atoms with Crippen LogP contribution in [0.2, 0.25) is 0 Å². The Kier molecular flexibility index (Phi) is 4.48. The summed E-state index contributed by atoms with van der Waals surface area (Å²) >= 11 is 0. The first-order chi connectivity index (χ1) is 10.4. The van der Waals surface area contributed by atoms with Crippen molar-refractivity contribution in [3.05, 3.63) is 90.5 Å². The Bertz CT molecular complexity index is 650. The molecule has 0 N–H and O–H groups in total. The van der Waals surface area contributed by atoms with Gasteiger partial charge in [-0.3, -0.25) is 0 Å². The predicted octanol–water partition coefficient (Wildman–Crippen LogP) is 4.01. The highest BCUT2D eigenvalue weighted by Crippen LogP contribution is 2.32. The summed E-state index contributed by atoms with van der Waals surface area (Å²) in [7, 11) is -0.468. The number of benzene rings is 3. The van der Waals surface area contributed by atoms with Crippen molar-refractivity contribution >= 4 is 23.8 Å². The fourth-order valence-corrected chi connectivity index (χ4v) is 4.88. The molecule has 0 saturated carbocycles. The van der Waals surface area contributed by atoms with Crippen LogP contribution in [0.15, 0.2) is 84.9 Å². The van der Waals surface area contributed by atoms with Gasteiger partial charge in [-0.05, 0) is 35.8 Å². The van der Waals surface area contributed by atoms with E-state index in [9.17, 15) is 0 Å². The average Bonchev–Trinajstić information content (AvgIpc) is 2.57. The van der Waals surface area contributed by atoms with Crippen LogP contribution in [0, 0.1) is 0 Å². The van der Waals surface area contributed by atoms with Crippen LogP contribution in [0.1, 0.15) is 12.5 Å². The molecule has 0 radical (unpaired) electrons. The first-order valence-corrected chi connectivity index (χ1v) is 8.72. The van der Waals surface area contributed by atoms with Crippen LogP contribution >= 0.6 is 7.92 Å². The summed E-state index contributed by atoms with van der Waals surface area (Å²) in [5.41, 5.74) is 1.41. The molecule has 21 heavy (non-hydrogen) atoms. The molecule has 104 valence electrons. The highest BCUT2D eigenvalue weighted by molar-refractivity contribution is 7.79. The first kappa shape index (κ1) is 14.0. The van der Waals surface area contributed by atoms with Gasteiger partial charge in [0.2, 0.25) is 0 Å². The SMILES string of the molecule is CCc1cccc(P(c2ccccc2)c2ccccc2)c1. The van der Waals surface area contributed by atoms with Gasteiger partial charge < -0.3 is 0 Å². The van der Waals surface area contributed by atoms with Gasteiger partial charge in [0, 0.05) is 0 Å². The summed E-state index contributed by atoms with van der Waals surface area (Å²) in [5, 5.41) is 4.25. The van der Waals surface area contributed by atoms with Crippen molar-refractivity contribution in [3.63, 3.8) is 0 Å². The first-order valence-electron chi connectivity index (χ1n) is 7.37. The lowest BCUT2D eigenvalue weighted by atomic mass is 10.2. The third kappa shape index (κ3) is 3.23. The third-order valence-corrected chi connectivity index (χ3v) is 6.03. The van der Waals surface area contributed by atoms with E-state index in [1.807, 2.05) is 0 Å². The van der Waals surface area contributed by atoms with Gasteiger partial charge in [0.15, 0.2) is 0 Å². The molecule has 0 aliphatic heterocycles. The van der Waals surface area contributed by atoms with Gasteiger partial charge in [0.25, 0.3) is 0 Å². The molecular formula is C20H19P. The fraction of sp³-hybridized carbons (Fsp3) is 0.100. The van der Waals surface area contributed by atoms with Crippen molar-refractivity contribution in [3.8, 4) is 0 Å². The van der Waals surface area contributed by atoms with Crippen LogP contribution in [0.4, 0.5) is 0 Å². The Morgan fingerprint density at radius 3 is 1.67 bits per heavy atom. The molecule has 0 heterocycles. The quantitative estimate of drug-likeness (QED) is 0.637. The minimum Gasteiger partial charge on any atom is -0.0622 e. The summed E-state index contributed by atoms with van der Waals surface area (Å²) in [6.07, 6.45) is 1.08. The van der Waals surface area contributed by atoms with E-state index >= 15 is 0 Å². The molecule has 0 aromatic heterocycles. The van der Waals surface area contributed by atoms with Gasteiger partial charge in [-0.1, -0.05) is 91.9 Å². The van der Waals surface area contributed by atoms with Gasteiger partial charge in [0.1, 0.15) is 0 Å². The second-order valence-electron chi connectivity index (χ2n) is 5.03. The topological polar surface area (TPSA) is 0 Å². The van der Waals surface area contributed by atoms with Crippen molar-refractivity contribution in [1.29, 1.82) is 0 Å². The zero-order valence-corrected chi connectivity index (χ0v) is 13.1. The van der Waals surface area contributed by atoms with Crippen LogP contribution in [0.5, 0.6) is 0 Å². The summed E-state index contributed by atoms with van der Waals surface area (Å²) in [6, 6.07) is 30.8. The molecule has 0 unspecified atom stereocenters. The maximum Gasteiger partial charge on any atom is -0.0134 e. The molecule has 0 atom stereocenters. The minimum absolute atomic E-state index is 0.468. The number of hydrogen-bond acceptors (Lipinski definition) is 0. The molecule has 0 aliphatic rings. The monoisotopic (exact) mass is 290 g/mol. The molecular weight excluding hydrogens is 271 g/mol. The summed E-state index contributed by atoms with van der Waals surface area (Å²) in [5.74, 6) is 0. The van der Waals surface area contributed by atoms with E-state index in [0.717, 1.165) is 6.42 Å². The molecule has 3 rings (SSSR count). The second-order valence-corrected chi connectivity index (χ2v) is 7.25. The number of rotatable bonds is 4. The molecule has 3 aromatic carbocycles. The summed E-state index contributed by atoms with van der Waals surface area (Å²) < 4.78 is 0. The van der Waals surface area contributed by atoms with E-state index in [4.69, 9.17) is 0 Å². The van der Waals surface area contributed by atoms with Crippen molar-refractivity contribution in [2.45, 2.75) is 13.3 Å². The van der Waals surface area contributed by atoms with E-state index in [1.165, 1.54) is 21.5 Å². The van der Waals surface area contributed by atoms with Crippen molar-refractivity contribution in [2.24, 2.45) is 0 Å². The van der Waals surface area contributed by atoms with Crippen molar-refractivity contribution < 1.29 is 0 Å². The Balaban J connectivity index is 2.12. The third-order valence-electron chi connectivity index (χ3n) is 3.61. The Labute approximate surface area is 128 Å². The maximum absolute atomic E-state index is 2.37. The van der Waals surface area contributed by atoms with Gasteiger partial charge in [0.05, 0.1) is 0 Å². The molecule has 0 nitrogen and oxygen atoms in total. The highest BCUT2D eigenvalue weighted by Gasteiger charge is 2.15. The molecule has 0 aliphatic carbocycles. The second kappa shape index (κ2) is 6.70. The zero-order chi connectivity index (χ0) is 14.5. The normalized spacial score (nSPS) is 10.8. The van der Waals surface area contributed by atoms with E-state index in [1.54, 1.807) is 0 Å². The fourth-order valence-electron chi connectivity index (χ4n) is 2.52. The predicted molar refractivity (Wildman–Crippen MR) is 94.5 cm³/mol. The smallest absolute Gasteiger partial charge is 0.0134 e. The Morgan fingerprint density at radius 2 is 1.14 bits per heavy atom. The van der Waals surface area contributed by atoms with Crippen molar-refractivity contribution in [2.75, 3.05) is 0 Å². The van der Waals surface area contributed by atoms with Crippen molar-refractivity contribution in [1.82, 2.24) is 0 Å². The summed E-state index contributed by atoms with van der Waals surface area (Å²) in [4.78, 5) is 0. The van der Waals surface area contributed by atoms with Crippen LogP contribution < -0.4 is 15.9 Å².